The van der Waals surface area contributed by atoms with Crippen molar-refractivity contribution in [3.8, 4) is 5.75 Å². The second kappa shape index (κ2) is 7.53. The van der Waals surface area contributed by atoms with Gasteiger partial charge in [0.15, 0.2) is 0 Å². The maximum absolute atomic E-state index is 11.9. The van der Waals surface area contributed by atoms with Crippen LogP contribution in [-0.2, 0) is 10.0 Å². The van der Waals surface area contributed by atoms with Crippen molar-refractivity contribution in [1.29, 1.82) is 0 Å². The molecule has 24 heavy (non-hydrogen) atoms. The van der Waals surface area contributed by atoms with E-state index in [1.807, 2.05) is 24.3 Å². The number of benzene rings is 2. The van der Waals surface area contributed by atoms with E-state index in [1.165, 1.54) is 5.39 Å². The van der Waals surface area contributed by atoms with E-state index in [4.69, 9.17) is 4.74 Å². The van der Waals surface area contributed by atoms with Crippen molar-refractivity contribution in [2.45, 2.75) is 38.6 Å². The van der Waals surface area contributed by atoms with E-state index in [9.17, 15) is 8.42 Å². The van der Waals surface area contributed by atoms with Crippen LogP contribution >= 0.6 is 0 Å². The van der Waals surface area contributed by atoms with Gasteiger partial charge < -0.3 is 4.74 Å². The molecular weight excluding hydrogens is 322 g/mol. The summed E-state index contributed by atoms with van der Waals surface area (Å²) in [6.07, 6.45) is 4.11. The first kappa shape index (κ1) is 17.2. The highest BCUT2D eigenvalue weighted by Crippen LogP contribution is 2.27. The summed E-state index contributed by atoms with van der Waals surface area (Å²) < 4.78 is 32.6. The predicted octanol–water partition coefficient (Wildman–Crippen LogP) is 3.72. The highest BCUT2D eigenvalue weighted by Gasteiger charge is 2.28. The summed E-state index contributed by atoms with van der Waals surface area (Å²) in [5.41, 5.74) is 0. The highest BCUT2D eigenvalue weighted by molar-refractivity contribution is 7.89. The molecule has 0 bridgehead atoms. The third-order valence-corrected chi connectivity index (χ3v) is 6.23. The molecule has 0 amide bonds. The Hall–Kier alpha value is -1.59. The van der Waals surface area contributed by atoms with Gasteiger partial charge in [0.2, 0.25) is 10.0 Å². The van der Waals surface area contributed by atoms with E-state index in [1.54, 1.807) is 6.92 Å². The number of hydrogen-bond donors (Lipinski definition) is 1. The summed E-state index contributed by atoms with van der Waals surface area (Å²) in [4.78, 5) is 0. The summed E-state index contributed by atoms with van der Waals surface area (Å²) >= 11 is 0. The minimum Gasteiger partial charge on any atom is -0.493 e. The zero-order chi connectivity index (χ0) is 17.0. The van der Waals surface area contributed by atoms with Gasteiger partial charge in [-0.25, -0.2) is 13.1 Å². The molecule has 5 heteroatoms. The standard InChI is InChI=1S/C19H25NO3S/c1-2-24(21,22)20-19-10-6-5-9-17(19)14-23-18-12-11-15-7-3-4-8-16(15)13-18/h3-4,7-8,11-13,17,19-20H,2,5-6,9-10,14H2,1H3/t17-,19+/m0/s1. The van der Waals surface area contributed by atoms with Crippen LogP contribution < -0.4 is 9.46 Å². The molecule has 1 N–H and O–H groups in total. The molecule has 0 aliphatic heterocycles. The lowest BCUT2D eigenvalue weighted by molar-refractivity contribution is 0.180. The molecule has 0 unspecified atom stereocenters. The normalized spacial score (nSPS) is 21.7. The van der Waals surface area contributed by atoms with E-state index >= 15 is 0 Å². The topological polar surface area (TPSA) is 55.4 Å². The molecule has 0 aromatic heterocycles. The smallest absolute Gasteiger partial charge is 0.211 e. The molecule has 0 heterocycles. The minimum absolute atomic E-state index is 0.0100. The average Bonchev–Trinajstić information content (AvgIpc) is 2.60. The number of rotatable bonds is 6. The van der Waals surface area contributed by atoms with Crippen LogP contribution in [0.25, 0.3) is 10.8 Å². The first-order valence-corrected chi connectivity index (χ1v) is 10.3. The number of hydrogen-bond acceptors (Lipinski definition) is 3. The fourth-order valence-electron chi connectivity index (χ4n) is 3.34. The summed E-state index contributed by atoms with van der Waals surface area (Å²) in [6.45, 7) is 2.22. The molecule has 1 aliphatic rings. The Morgan fingerprint density at radius 1 is 1.08 bits per heavy atom. The van der Waals surface area contributed by atoms with Gasteiger partial charge in [0.1, 0.15) is 5.75 Å². The van der Waals surface area contributed by atoms with Crippen molar-refractivity contribution in [1.82, 2.24) is 4.72 Å². The van der Waals surface area contributed by atoms with E-state index in [-0.39, 0.29) is 17.7 Å². The molecule has 1 saturated carbocycles. The van der Waals surface area contributed by atoms with Crippen molar-refractivity contribution in [3.63, 3.8) is 0 Å². The van der Waals surface area contributed by atoms with Gasteiger partial charge in [-0.3, -0.25) is 0 Å². The van der Waals surface area contributed by atoms with E-state index in [0.29, 0.717) is 6.61 Å². The molecule has 0 spiro atoms. The molecular formula is C19H25NO3S. The summed E-state index contributed by atoms with van der Waals surface area (Å²) in [5, 5.41) is 2.35. The molecule has 1 fully saturated rings. The minimum atomic E-state index is -3.17. The summed E-state index contributed by atoms with van der Waals surface area (Å²) in [7, 11) is -3.17. The molecule has 3 rings (SSSR count). The van der Waals surface area contributed by atoms with Gasteiger partial charge in [0.05, 0.1) is 12.4 Å². The Bertz CT molecular complexity index is 788. The highest BCUT2D eigenvalue weighted by atomic mass is 32.2. The third kappa shape index (κ3) is 4.28. The lowest BCUT2D eigenvalue weighted by Gasteiger charge is -2.31. The van der Waals surface area contributed by atoms with E-state index in [0.717, 1.165) is 36.8 Å². The Kier molecular flexibility index (Phi) is 5.41. The van der Waals surface area contributed by atoms with Gasteiger partial charge in [0, 0.05) is 12.0 Å². The van der Waals surface area contributed by atoms with Gasteiger partial charge in [-0.05, 0) is 42.7 Å². The van der Waals surface area contributed by atoms with Crippen LogP contribution in [0.2, 0.25) is 0 Å². The van der Waals surface area contributed by atoms with Crippen molar-refractivity contribution in [3.05, 3.63) is 42.5 Å². The van der Waals surface area contributed by atoms with Gasteiger partial charge >= 0.3 is 0 Å². The maximum atomic E-state index is 11.9. The number of sulfonamides is 1. The number of ether oxygens (including phenoxy) is 1. The van der Waals surface area contributed by atoms with Crippen LogP contribution in [-0.4, -0.2) is 26.8 Å². The Morgan fingerprint density at radius 3 is 2.62 bits per heavy atom. The molecule has 4 nitrogen and oxygen atoms in total. The lowest BCUT2D eigenvalue weighted by Crippen LogP contribution is -2.44. The van der Waals surface area contributed by atoms with Crippen LogP contribution in [0.4, 0.5) is 0 Å². The quantitative estimate of drug-likeness (QED) is 0.866. The molecule has 0 radical (unpaired) electrons. The second-order valence-corrected chi connectivity index (χ2v) is 8.53. The fraction of sp³-hybridized carbons (Fsp3) is 0.474. The van der Waals surface area contributed by atoms with Gasteiger partial charge in [-0.1, -0.05) is 43.2 Å². The first-order valence-electron chi connectivity index (χ1n) is 8.69. The molecule has 2 aromatic rings. The van der Waals surface area contributed by atoms with Crippen molar-refractivity contribution < 1.29 is 13.2 Å². The number of fused-ring (bicyclic) bond motifs is 1. The van der Waals surface area contributed by atoms with E-state index in [2.05, 4.69) is 22.9 Å². The average molecular weight is 347 g/mol. The predicted molar refractivity (Wildman–Crippen MR) is 97.8 cm³/mol. The Balaban J connectivity index is 1.66. The zero-order valence-electron chi connectivity index (χ0n) is 14.1. The van der Waals surface area contributed by atoms with Gasteiger partial charge in [-0.2, -0.15) is 0 Å². The second-order valence-electron chi connectivity index (χ2n) is 6.49. The number of nitrogens with one attached hydrogen (secondary N) is 1. The summed E-state index contributed by atoms with van der Waals surface area (Å²) in [6, 6.07) is 14.3. The van der Waals surface area contributed by atoms with Crippen molar-refractivity contribution >= 4 is 20.8 Å². The van der Waals surface area contributed by atoms with Crippen LogP contribution in [0, 0.1) is 5.92 Å². The van der Waals surface area contributed by atoms with Gasteiger partial charge in [-0.15, -0.1) is 0 Å². The molecule has 0 saturated heterocycles. The van der Waals surface area contributed by atoms with Crippen LogP contribution in [0.3, 0.4) is 0 Å². The van der Waals surface area contributed by atoms with Crippen LogP contribution in [0.15, 0.2) is 42.5 Å². The van der Waals surface area contributed by atoms with Crippen LogP contribution in [0.1, 0.15) is 32.6 Å². The zero-order valence-corrected chi connectivity index (χ0v) is 14.9. The molecule has 2 atom stereocenters. The van der Waals surface area contributed by atoms with E-state index < -0.39 is 10.0 Å². The Morgan fingerprint density at radius 2 is 1.83 bits per heavy atom. The monoisotopic (exact) mass is 347 g/mol. The lowest BCUT2D eigenvalue weighted by atomic mass is 9.86. The third-order valence-electron chi connectivity index (χ3n) is 4.81. The fourth-order valence-corrected chi connectivity index (χ4v) is 4.27. The van der Waals surface area contributed by atoms with Crippen molar-refractivity contribution in [2.75, 3.05) is 12.4 Å². The van der Waals surface area contributed by atoms with Crippen molar-refractivity contribution in [2.24, 2.45) is 5.92 Å². The molecule has 130 valence electrons. The summed E-state index contributed by atoms with van der Waals surface area (Å²) in [5.74, 6) is 1.20. The Labute approximate surface area is 144 Å². The SMILES string of the molecule is CCS(=O)(=O)N[C@@H]1CCCC[C@H]1COc1ccc2ccccc2c1. The van der Waals surface area contributed by atoms with Gasteiger partial charge in [0.25, 0.3) is 0 Å². The first-order chi connectivity index (χ1) is 11.6. The maximum Gasteiger partial charge on any atom is 0.211 e. The largest absolute Gasteiger partial charge is 0.493 e. The molecule has 2 aromatic carbocycles. The molecule has 1 aliphatic carbocycles. The van der Waals surface area contributed by atoms with Crippen LogP contribution in [0.5, 0.6) is 5.75 Å².